The number of likely N-dealkylation sites (N-methyl/N-ethyl adjacent to an activating group) is 2. The third kappa shape index (κ3) is 6.29. The van der Waals surface area contributed by atoms with Crippen LogP contribution < -0.4 is 0 Å². The molecule has 0 fully saturated rings. The Balaban J connectivity index is 4.11. The zero-order chi connectivity index (χ0) is 14.6. The van der Waals surface area contributed by atoms with Crippen LogP contribution >= 0.6 is 0 Å². The predicted molar refractivity (Wildman–Crippen MR) is 65.1 cm³/mol. The van der Waals surface area contributed by atoms with Gasteiger partial charge in [-0.2, -0.15) is 5.06 Å². The second-order valence-electron chi connectivity index (χ2n) is 4.98. The topological polar surface area (TPSA) is 104 Å². The minimum absolute atomic E-state index is 0.145. The molecule has 0 heterocycles. The van der Waals surface area contributed by atoms with E-state index in [0.29, 0.717) is 0 Å². The van der Waals surface area contributed by atoms with Gasteiger partial charge in [0.05, 0.1) is 41.3 Å². The van der Waals surface area contributed by atoms with Crippen LogP contribution in [-0.4, -0.2) is 89.9 Å². The van der Waals surface area contributed by atoms with Crippen molar-refractivity contribution in [3.63, 3.8) is 0 Å². The summed E-state index contributed by atoms with van der Waals surface area (Å²) in [6, 6.07) is 0. The Kier molecular flexibility index (Phi) is 7.03. The lowest BCUT2D eigenvalue weighted by Gasteiger charge is -2.33. The predicted octanol–water partition coefficient (Wildman–Crippen LogP) is -1.58. The largest absolute Gasteiger partial charge is 0.724 e. The van der Waals surface area contributed by atoms with E-state index >= 15 is 0 Å². The number of quaternary nitrogens is 2. The molecule has 1 N–H and O–H groups in total. The maximum Gasteiger partial charge on any atom is 0.147 e. The number of hydrogen-bond donors (Lipinski definition) is 1. The maximum atomic E-state index is 10.8. The summed E-state index contributed by atoms with van der Waals surface area (Å²) in [7, 11) is 6.01. The molecule has 0 aliphatic heterocycles. The lowest BCUT2D eigenvalue weighted by molar-refractivity contribution is -0.767. The zero-order valence-electron chi connectivity index (χ0n) is 11.1. The highest BCUT2D eigenvalue weighted by Crippen LogP contribution is 2.03. The van der Waals surface area contributed by atoms with Crippen molar-refractivity contribution in [3.8, 4) is 0 Å². The summed E-state index contributed by atoms with van der Waals surface area (Å²) in [4.78, 5) is 0. The molecule has 0 spiro atoms. The van der Waals surface area contributed by atoms with Gasteiger partial charge in [-0.25, -0.2) is 8.42 Å². The van der Waals surface area contributed by atoms with Gasteiger partial charge >= 0.3 is 0 Å². The average molecular weight is 303 g/mol. The highest BCUT2D eigenvalue weighted by molar-refractivity contribution is 7.73. The van der Waals surface area contributed by atoms with Crippen molar-refractivity contribution in [1.82, 2.24) is 5.06 Å². The van der Waals surface area contributed by atoms with Gasteiger partial charge in [0.2, 0.25) is 0 Å². The SMILES string of the molecule is C[N+](C)(CCN(O)CC[N+](C)(C)S(=O)[O-])S(=O)[O-]. The van der Waals surface area contributed by atoms with Gasteiger partial charge in [-0.3, -0.25) is 7.78 Å². The second-order valence-corrected chi connectivity index (χ2v) is 7.83. The summed E-state index contributed by atoms with van der Waals surface area (Å²) in [5, 5.41) is 10.5. The maximum absolute atomic E-state index is 10.8. The summed E-state index contributed by atoms with van der Waals surface area (Å²) in [5.41, 5.74) is 0. The van der Waals surface area contributed by atoms with Crippen molar-refractivity contribution in [2.45, 2.75) is 0 Å². The third-order valence-corrected chi connectivity index (χ3v) is 4.58. The minimum Gasteiger partial charge on any atom is -0.724 e. The molecule has 0 saturated carbocycles. The number of hydroxylamine groups is 2. The Morgan fingerprint density at radius 1 is 0.944 bits per heavy atom. The summed E-state index contributed by atoms with van der Waals surface area (Å²) >= 11 is -4.55. The van der Waals surface area contributed by atoms with Gasteiger partial charge in [0.25, 0.3) is 0 Å². The van der Waals surface area contributed by atoms with Gasteiger partial charge < -0.3 is 14.3 Å². The van der Waals surface area contributed by atoms with Gasteiger partial charge in [-0.15, -0.1) is 0 Å². The van der Waals surface area contributed by atoms with Crippen LogP contribution in [0.1, 0.15) is 0 Å². The van der Waals surface area contributed by atoms with E-state index in [0.717, 1.165) is 5.06 Å². The van der Waals surface area contributed by atoms with E-state index in [2.05, 4.69) is 0 Å². The summed E-state index contributed by atoms with van der Waals surface area (Å²) in [5.74, 6) is 0. The van der Waals surface area contributed by atoms with Gasteiger partial charge in [0.1, 0.15) is 35.6 Å². The first-order valence-corrected chi connectivity index (χ1v) is 7.35. The highest BCUT2D eigenvalue weighted by Gasteiger charge is 2.21. The summed E-state index contributed by atoms with van der Waals surface area (Å²) in [6.45, 7) is 0.708. The molecule has 0 saturated heterocycles. The van der Waals surface area contributed by atoms with E-state index in [9.17, 15) is 22.7 Å². The van der Waals surface area contributed by atoms with Crippen molar-refractivity contribution in [1.29, 1.82) is 0 Å². The monoisotopic (exact) mass is 303 g/mol. The lowest BCUT2D eigenvalue weighted by atomic mass is 10.5. The first-order valence-electron chi connectivity index (χ1n) is 5.29. The first-order chi connectivity index (χ1) is 7.99. The Bertz CT molecular complexity index is 294. The van der Waals surface area contributed by atoms with Crippen molar-refractivity contribution >= 4 is 22.5 Å². The summed E-state index contributed by atoms with van der Waals surface area (Å²) in [6.07, 6.45) is 0. The number of nitrogens with zero attached hydrogens (tertiary/aromatic N) is 3. The molecule has 0 aromatic carbocycles. The van der Waals surface area contributed by atoms with Crippen LogP contribution in [0, 0.1) is 0 Å². The Labute approximate surface area is 113 Å². The normalized spacial score (nSPS) is 16.9. The molecule has 0 bridgehead atoms. The van der Waals surface area contributed by atoms with Crippen LogP contribution in [0.25, 0.3) is 0 Å². The third-order valence-electron chi connectivity index (χ3n) is 2.60. The lowest BCUT2D eigenvalue weighted by Crippen LogP contribution is -2.49. The molecule has 0 radical (unpaired) electrons. The van der Waals surface area contributed by atoms with Crippen molar-refractivity contribution in [3.05, 3.63) is 0 Å². The molecule has 0 aromatic heterocycles. The van der Waals surface area contributed by atoms with Crippen LogP contribution in [0.3, 0.4) is 0 Å². The smallest absolute Gasteiger partial charge is 0.147 e. The number of hydrogen-bond acceptors (Lipinski definition) is 6. The van der Waals surface area contributed by atoms with Gasteiger partial charge in [-0.05, 0) is 0 Å². The Morgan fingerprint density at radius 3 is 1.44 bits per heavy atom. The average Bonchev–Trinajstić information content (AvgIpc) is 2.23. The zero-order valence-corrected chi connectivity index (χ0v) is 12.7. The molecule has 0 rings (SSSR count). The van der Waals surface area contributed by atoms with E-state index < -0.39 is 22.5 Å². The molecule has 2 unspecified atom stereocenters. The minimum atomic E-state index is -2.27. The molecular weight excluding hydrogens is 282 g/mol. The fourth-order valence-corrected chi connectivity index (χ4v) is 1.43. The van der Waals surface area contributed by atoms with E-state index in [1.165, 1.54) is 28.2 Å². The molecule has 110 valence electrons. The van der Waals surface area contributed by atoms with E-state index in [1.54, 1.807) is 0 Å². The molecule has 18 heavy (non-hydrogen) atoms. The molecule has 2 atom stereocenters. The van der Waals surface area contributed by atoms with E-state index in [1.807, 2.05) is 0 Å². The van der Waals surface area contributed by atoms with Gasteiger partial charge in [0, 0.05) is 0 Å². The van der Waals surface area contributed by atoms with E-state index in [4.69, 9.17) is 0 Å². The Hall–Kier alpha value is 0.0600. The first kappa shape index (κ1) is 18.1. The van der Waals surface area contributed by atoms with Gasteiger partial charge in [0.15, 0.2) is 0 Å². The van der Waals surface area contributed by atoms with Crippen LogP contribution in [-0.2, 0) is 22.5 Å². The van der Waals surface area contributed by atoms with Crippen LogP contribution in [0.15, 0.2) is 0 Å². The molecule has 8 nitrogen and oxygen atoms in total. The van der Waals surface area contributed by atoms with Crippen LogP contribution in [0.5, 0.6) is 0 Å². The molecule has 0 aliphatic carbocycles. The van der Waals surface area contributed by atoms with E-state index in [-0.39, 0.29) is 34.0 Å². The second kappa shape index (κ2) is 7.01. The van der Waals surface area contributed by atoms with Crippen LogP contribution in [0.4, 0.5) is 0 Å². The van der Waals surface area contributed by atoms with Crippen molar-refractivity contribution in [2.24, 2.45) is 0 Å². The quantitative estimate of drug-likeness (QED) is 0.330. The summed E-state index contributed by atoms with van der Waals surface area (Å²) < 4.78 is 42.8. The van der Waals surface area contributed by atoms with Gasteiger partial charge in [-0.1, -0.05) is 0 Å². The standard InChI is InChI=1S/C8H21N3O5S2/c1-10(2,17(13)14)7-5-9(12)6-8-11(3,4)18(15)16/h12H,5-8H2,1-4H3. The van der Waals surface area contributed by atoms with Crippen molar-refractivity contribution < 1.29 is 30.5 Å². The fraction of sp³-hybridized carbons (Fsp3) is 1.00. The highest BCUT2D eigenvalue weighted by atomic mass is 32.2. The van der Waals surface area contributed by atoms with Crippen LogP contribution in [0.2, 0.25) is 0 Å². The molecule has 0 aromatic rings. The Morgan fingerprint density at radius 2 is 1.22 bits per heavy atom. The molecule has 10 heteroatoms. The molecule has 0 amide bonds. The fourth-order valence-electron chi connectivity index (χ4n) is 0.973. The number of rotatable bonds is 8. The molecular formula is C8H21N3O5S2. The molecule has 0 aliphatic rings. The van der Waals surface area contributed by atoms with Crippen molar-refractivity contribution in [2.75, 3.05) is 54.4 Å².